The van der Waals surface area contributed by atoms with E-state index in [2.05, 4.69) is 26.1 Å². The van der Waals surface area contributed by atoms with Crippen molar-refractivity contribution in [3.05, 3.63) is 29.6 Å². The van der Waals surface area contributed by atoms with Gasteiger partial charge >= 0.3 is 0 Å². The summed E-state index contributed by atoms with van der Waals surface area (Å²) in [7, 11) is 1.51. The van der Waals surface area contributed by atoms with Crippen LogP contribution in [-0.2, 0) is 0 Å². The van der Waals surface area contributed by atoms with E-state index in [4.69, 9.17) is 4.74 Å². The van der Waals surface area contributed by atoms with Crippen LogP contribution in [0.5, 0.6) is 5.75 Å². The molecule has 0 radical (unpaired) electrons. The third-order valence-corrected chi connectivity index (χ3v) is 4.81. The summed E-state index contributed by atoms with van der Waals surface area (Å²) in [6.07, 6.45) is 5.21. The van der Waals surface area contributed by atoms with Crippen LogP contribution in [0.15, 0.2) is 18.2 Å². The predicted molar refractivity (Wildman–Crippen MR) is 85.1 cm³/mol. The van der Waals surface area contributed by atoms with Gasteiger partial charge in [-0.2, -0.15) is 0 Å². The third kappa shape index (κ3) is 3.97. The van der Waals surface area contributed by atoms with Crippen molar-refractivity contribution in [3.63, 3.8) is 0 Å². The van der Waals surface area contributed by atoms with E-state index in [1.54, 1.807) is 6.07 Å². The van der Waals surface area contributed by atoms with E-state index in [9.17, 15) is 4.39 Å². The third-order valence-electron chi connectivity index (χ3n) is 4.81. The zero-order valence-electron chi connectivity index (χ0n) is 13.7. The molecule has 0 spiro atoms. The van der Waals surface area contributed by atoms with Gasteiger partial charge in [0.25, 0.3) is 0 Å². The van der Waals surface area contributed by atoms with E-state index in [-0.39, 0.29) is 11.9 Å². The monoisotopic (exact) mass is 293 g/mol. The fraction of sp³-hybridized carbons (Fsp3) is 0.667. The number of nitrogens with one attached hydrogen (secondary N) is 1. The first kappa shape index (κ1) is 16.3. The maximum Gasteiger partial charge on any atom is 0.165 e. The van der Waals surface area contributed by atoms with Gasteiger partial charge in [-0.1, -0.05) is 32.8 Å². The molecule has 0 saturated heterocycles. The molecule has 0 amide bonds. The lowest BCUT2D eigenvalue weighted by atomic mass is 9.77. The summed E-state index contributed by atoms with van der Waals surface area (Å²) in [5.41, 5.74) is 1.08. The van der Waals surface area contributed by atoms with Crippen LogP contribution in [0.25, 0.3) is 0 Å². The number of halogens is 1. The van der Waals surface area contributed by atoms with Crippen LogP contribution < -0.4 is 10.1 Å². The standard InChI is InChI=1S/C18H28FNO/c1-12(2)15-7-5-6-8-17(15)20-13(3)14-9-10-16(19)18(11-14)21-4/h9-13,15,17,20H,5-8H2,1-4H3. The fourth-order valence-electron chi connectivity index (χ4n) is 3.53. The Balaban J connectivity index is 2.07. The molecule has 1 fully saturated rings. The van der Waals surface area contributed by atoms with Gasteiger partial charge in [-0.15, -0.1) is 0 Å². The lowest BCUT2D eigenvalue weighted by Gasteiger charge is -2.37. The first-order chi connectivity index (χ1) is 10.0. The highest BCUT2D eigenvalue weighted by molar-refractivity contribution is 5.32. The first-order valence-corrected chi connectivity index (χ1v) is 8.12. The normalized spacial score (nSPS) is 24.1. The highest BCUT2D eigenvalue weighted by atomic mass is 19.1. The van der Waals surface area contributed by atoms with Gasteiger partial charge in [0.2, 0.25) is 0 Å². The molecular formula is C18H28FNO. The van der Waals surface area contributed by atoms with E-state index in [1.165, 1.54) is 38.9 Å². The Kier molecular flexibility index (Phi) is 5.63. The van der Waals surface area contributed by atoms with Gasteiger partial charge in [0.05, 0.1) is 7.11 Å². The second kappa shape index (κ2) is 7.26. The van der Waals surface area contributed by atoms with Crippen LogP contribution in [-0.4, -0.2) is 13.2 Å². The Labute approximate surface area is 128 Å². The maximum atomic E-state index is 13.5. The quantitative estimate of drug-likeness (QED) is 0.849. The summed E-state index contributed by atoms with van der Waals surface area (Å²) in [4.78, 5) is 0. The van der Waals surface area contributed by atoms with Crippen molar-refractivity contribution >= 4 is 0 Å². The van der Waals surface area contributed by atoms with Gasteiger partial charge in [0.15, 0.2) is 11.6 Å². The number of ether oxygens (including phenoxy) is 1. The first-order valence-electron chi connectivity index (χ1n) is 8.12. The lowest BCUT2D eigenvalue weighted by molar-refractivity contribution is 0.194. The van der Waals surface area contributed by atoms with Crippen LogP contribution >= 0.6 is 0 Å². The smallest absolute Gasteiger partial charge is 0.165 e. The Bertz CT molecular complexity index is 461. The zero-order valence-corrected chi connectivity index (χ0v) is 13.7. The molecule has 1 aromatic carbocycles. The van der Waals surface area contributed by atoms with Crippen molar-refractivity contribution < 1.29 is 9.13 Å². The minimum atomic E-state index is -0.300. The van der Waals surface area contributed by atoms with E-state index in [1.807, 2.05) is 6.07 Å². The van der Waals surface area contributed by atoms with E-state index >= 15 is 0 Å². The fourth-order valence-corrected chi connectivity index (χ4v) is 3.53. The van der Waals surface area contributed by atoms with Gasteiger partial charge in [-0.3, -0.25) is 0 Å². The summed E-state index contributed by atoms with van der Waals surface area (Å²) in [5.74, 6) is 1.47. The Hall–Kier alpha value is -1.09. The highest BCUT2D eigenvalue weighted by Crippen LogP contribution is 2.32. The molecular weight excluding hydrogens is 265 g/mol. The Morgan fingerprint density at radius 3 is 2.57 bits per heavy atom. The molecule has 21 heavy (non-hydrogen) atoms. The van der Waals surface area contributed by atoms with E-state index in [0.717, 1.165) is 11.5 Å². The Morgan fingerprint density at radius 2 is 1.90 bits per heavy atom. The van der Waals surface area contributed by atoms with Crippen LogP contribution in [0.2, 0.25) is 0 Å². The van der Waals surface area contributed by atoms with Crippen LogP contribution in [0.1, 0.15) is 58.1 Å². The van der Waals surface area contributed by atoms with Crippen molar-refractivity contribution in [2.45, 2.75) is 58.5 Å². The number of methoxy groups -OCH3 is 1. The average molecular weight is 293 g/mol. The Morgan fingerprint density at radius 1 is 1.19 bits per heavy atom. The van der Waals surface area contributed by atoms with Gasteiger partial charge in [-0.05, 0) is 49.3 Å². The summed E-state index contributed by atoms with van der Waals surface area (Å²) in [5, 5.41) is 3.76. The largest absolute Gasteiger partial charge is 0.494 e. The molecule has 0 bridgehead atoms. The SMILES string of the molecule is COc1cc(C(C)NC2CCCCC2C(C)C)ccc1F. The molecule has 3 atom stereocenters. The van der Waals surface area contributed by atoms with Crippen molar-refractivity contribution in [2.75, 3.05) is 7.11 Å². The van der Waals surface area contributed by atoms with E-state index < -0.39 is 0 Å². The second-order valence-corrected chi connectivity index (χ2v) is 6.58. The minimum Gasteiger partial charge on any atom is -0.494 e. The lowest BCUT2D eigenvalue weighted by Crippen LogP contribution is -2.42. The molecule has 3 heteroatoms. The van der Waals surface area contributed by atoms with Crippen LogP contribution in [0.4, 0.5) is 4.39 Å². The van der Waals surface area contributed by atoms with Crippen molar-refractivity contribution in [1.29, 1.82) is 0 Å². The number of benzene rings is 1. The summed E-state index contributed by atoms with van der Waals surface area (Å²) < 4.78 is 18.6. The number of rotatable bonds is 5. The van der Waals surface area contributed by atoms with Crippen LogP contribution in [0, 0.1) is 17.7 Å². The van der Waals surface area contributed by atoms with Crippen molar-refractivity contribution in [3.8, 4) is 5.75 Å². The second-order valence-electron chi connectivity index (χ2n) is 6.58. The van der Waals surface area contributed by atoms with Gasteiger partial charge in [-0.25, -0.2) is 4.39 Å². The molecule has 1 aromatic rings. The average Bonchev–Trinajstić information content (AvgIpc) is 2.48. The van der Waals surface area contributed by atoms with Crippen molar-refractivity contribution in [2.24, 2.45) is 11.8 Å². The molecule has 1 N–H and O–H groups in total. The minimum absolute atomic E-state index is 0.212. The van der Waals surface area contributed by atoms with Crippen LogP contribution in [0.3, 0.4) is 0 Å². The summed E-state index contributed by atoms with van der Waals surface area (Å²) >= 11 is 0. The topological polar surface area (TPSA) is 21.3 Å². The van der Waals surface area contributed by atoms with Gasteiger partial charge < -0.3 is 10.1 Å². The molecule has 118 valence electrons. The zero-order chi connectivity index (χ0) is 15.4. The highest BCUT2D eigenvalue weighted by Gasteiger charge is 2.28. The molecule has 0 heterocycles. The molecule has 1 aliphatic carbocycles. The van der Waals surface area contributed by atoms with Gasteiger partial charge in [0, 0.05) is 12.1 Å². The molecule has 1 aliphatic rings. The molecule has 1 saturated carbocycles. The molecule has 2 rings (SSSR count). The molecule has 0 aromatic heterocycles. The summed E-state index contributed by atoms with van der Waals surface area (Å²) in [6, 6.07) is 5.92. The number of hydrogen-bond donors (Lipinski definition) is 1. The number of hydrogen-bond acceptors (Lipinski definition) is 2. The molecule has 2 nitrogen and oxygen atoms in total. The van der Waals surface area contributed by atoms with E-state index in [0.29, 0.717) is 17.7 Å². The maximum absolute atomic E-state index is 13.5. The van der Waals surface area contributed by atoms with Gasteiger partial charge in [0.1, 0.15) is 0 Å². The molecule has 3 unspecified atom stereocenters. The van der Waals surface area contributed by atoms with Crippen molar-refractivity contribution in [1.82, 2.24) is 5.32 Å². The summed E-state index contributed by atoms with van der Waals surface area (Å²) in [6.45, 7) is 6.78. The predicted octanol–water partition coefficient (Wildman–Crippen LogP) is 4.70. The molecule has 0 aliphatic heterocycles.